The van der Waals surface area contributed by atoms with E-state index in [1.807, 2.05) is 12.1 Å². The van der Waals surface area contributed by atoms with Gasteiger partial charge in [0.1, 0.15) is 5.75 Å². The van der Waals surface area contributed by atoms with Crippen LogP contribution in [0.1, 0.15) is 15.9 Å². The van der Waals surface area contributed by atoms with Gasteiger partial charge in [-0.15, -0.1) is 0 Å². The Morgan fingerprint density at radius 1 is 1.13 bits per heavy atom. The molecule has 3 nitrogen and oxygen atoms in total. The predicted octanol–water partition coefficient (Wildman–Crippen LogP) is 4.16. The molecule has 0 aliphatic rings. The van der Waals surface area contributed by atoms with Crippen molar-refractivity contribution in [1.82, 2.24) is 5.32 Å². The molecule has 0 spiro atoms. The van der Waals surface area contributed by atoms with E-state index in [1.54, 1.807) is 24.3 Å². The molecule has 0 aromatic heterocycles. The number of benzene rings is 2. The van der Waals surface area contributed by atoms with Gasteiger partial charge in [-0.3, -0.25) is 4.79 Å². The largest absolute Gasteiger partial charge is 0.484 e. The van der Waals surface area contributed by atoms with Gasteiger partial charge in [0.2, 0.25) is 0 Å². The van der Waals surface area contributed by atoms with Crippen LogP contribution < -0.4 is 10.1 Å². The van der Waals surface area contributed by atoms with Crippen molar-refractivity contribution in [1.29, 1.82) is 0 Å². The minimum absolute atomic E-state index is 0.114. The summed E-state index contributed by atoms with van der Waals surface area (Å²) in [6.07, 6.45) is -4.38. The van der Waals surface area contributed by atoms with E-state index in [1.165, 1.54) is 12.1 Å². The molecule has 122 valence electrons. The van der Waals surface area contributed by atoms with E-state index in [0.29, 0.717) is 11.1 Å². The quantitative estimate of drug-likeness (QED) is 0.717. The third-order valence-corrected chi connectivity index (χ3v) is 3.81. The summed E-state index contributed by atoms with van der Waals surface area (Å²) in [7, 11) is 0. The Balaban J connectivity index is 1.96. The number of ether oxygens (including phenoxy) is 1. The summed E-state index contributed by atoms with van der Waals surface area (Å²) in [5.74, 6) is -0.125. The summed E-state index contributed by atoms with van der Waals surface area (Å²) in [6.45, 7) is -1.14. The lowest BCUT2D eigenvalue weighted by Gasteiger charge is -2.11. The Hall–Kier alpha value is -1.77. The topological polar surface area (TPSA) is 38.3 Å². The second-order valence-electron chi connectivity index (χ2n) is 4.71. The molecule has 1 amide bonds. The molecule has 0 aliphatic heterocycles. The molecular formula is C16H13F3INO2. The van der Waals surface area contributed by atoms with Crippen LogP contribution in [0.3, 0.4) is 0 Å². The molecule has 2 aromatic carbocycles. The SMILES string of the molecule is O=C(NCc1cccc(OCC(F)(F)F)c1)c1ccccc1I. The molecule has 0 bridgehead atoms. The summed E-state index contributed by atoms with van der Waals surface area (Å²) < 4.78 is 41.9. The molecule has 2 aromatic rings. The molecule has 2 rings (SSSR count). The summed E-state index contributed by atoms with van der Waals surface area (Å²) in [5.41, 5.74) is 1.21. The van der Waals surface area contributed by atoms with Crippen LogP contribution in [0.4, 0.5) is 13.2 Å². The van der Waals surface area contributed by atoms with Crippen LogP contribution >= 0.6 is 22.6 Å². The van der Waals surface area contributed by atoms with Gasteiger partial charge in [0, 0.05) is 10.1 Å². The maximum absolute atomic E-state index is 12.1. The Morgan fingerprint density at radius 3 is 2.57 bits per heavy atom. The fraction of sp³-hybridized carbons (Fsp3) is 0.188. The first-order valence-corrected chi connectivity index (χ1v) is 7.74. The second kappa shape index (κ2) is 7.67. The monoisotopic (exact) mass is 435 g/mol. The van der Waals surface area contributed by atoms with Crippen molar-refractivity contribution in [3.63, 3.8) is 0 Å². The number of hydrogen-bond donors (Lipinski definition) is 1. The Morgan fingerprint density at radius 2 is 1.87 bits per heavy atom. The molecule has 0 heterocycles. The highest BCUT2D eigenvalue weighted by molar-refractivity contribution is 14.1. The molecule has 0 saturated carbocycles. The van der Waals surface area contributed by atoms with Gasteiger partial charge in [0.25, 0.3) is 5.91 Å². The molecule has 0 unspecified atom stereocenters. The summed E-state index contributed by atoms with van der Waals surface area (Å²) in [4.78, 5) is 12.1. The van der Waals surface area contributed by atoms with E-state index >= 15 is 0 Å². The molecule has 0 saturated heterocycles. The van der Waals surface area contributed by atoms with Crippen LogP contribution in [-0.2, 0) is 6.54 Å². The minimum Gasteiger partial charge on any atom is -0.484 e. The fourth-order valence-corrected chi connectivity index (χ4v) is 2.47. The third-order valence-electron chi connectivity index (χ3n) is 2.87. The summed E-state index contributed by atoms with van der Waals surface area (Å²) in [5, 5.41) is 2.73. The van der Waals surface area contributed by atoms with Gasteiger partial charge in [-0.05, 0) is 52.4 Å². The first kappa shape index (κ1) is 17.6. The van der Waals surface area contributed by atoms with Crippen molar-refractivity contribution >= 4 is 28.5 Å². The van der Waals surface area contributed by atoms with E-state index in [0.717, 1.165) is 3.57 Å². The molecule has 0 radical (unpaired) electrons. The minimum atomic E-state index is -4.38. The lowest BCUT2D eigenvalue weighted by Crippen LogP contribution is -2.23. The normalized spacial score (nSPS) is 11.1. The van der Waals surface area contributed by atoms with Crippen LogP contribution in [0.15, 0.2) is 48.5 Å². The molecule has 0 atom stereocenters. The van der Waals surface area contributed by atoms with Gasteiger partial charge in [-0.2, -0.15) is 13.2 Å². The van der Waals surface area contributed by atoms with Crippen molar-refractivity contribution in [2.24, 2.45) is 0 Å². The fourth-order valence-electron chi connectivity index (χ4n) is 1.83. The highest BCUT2D eigenvalue weighted by atomic mass is 127. The number of nitrogens with one attached hydrogen (secondary N) is 1. The van der Waals surface area contributed by atoms with Gasteiger partial charge in [0.15, 0.2) is 6.61 Å². The number of alkyl halides is 3. The van der Waals surface area contributed by atoms with E-state index in [2.05, 4.69) is 32.6 Å². The zero-order valence-corrected chi connectivity index (χ0v) is 14.0. The molecule has 23 heavy (non-hydrogen) atoms. The zero-order chi connectivity index (χ0) is 16.9. The standard InChI is InChI=1S/C16H13F3INO2/c17-16(18,19)10-23-12-5-3-4-11(8-12)9-21-15(22)13-6-1-2-7-14(13)20/h1-8H,9-10H2,(H,21,22). The lowest BCUT2D eigenvalue weighted by molar-refractivity contribution is -0.153. The molecule has 7 heteroatoms. The first-order valence-electron chi connectivity index (χ1n) is 6.66. The van der Waals surface area contributed by atoms with Crippen molar-refractivity contribution in [2.45, 2.75) is 12.7 Å². The highest BCUT2D eigenvalue weighted by Gasteiger charge is 2.28. The van der Waals surface area contributed by atoms with Crippen LogP contribution in [0.2, 0.25) is 0 Å². The van der Waals surface area contributed by atoms with Crippen molar-refractivity contribution in [3.05, 3.63) is 63.2 Å². The summed E-state index contributed by atoms with van der Waals surface area (Å²) >= 11 is 2.07. The number of rotatable bonds is 5. The van der Waals surface area contributed by atoms with Crippen molar-refractivity contribution < 1.29 is 22.7 Å². The maximum atomic E-state index is 12.1. The number of carbonyl (C=O) groups excluding carboxylic acids is 1. The molecule has 0 fully saturated rings. The highest BCUT2D eigenvalue weighted by Crippen LogP contribution is 2.19. The zero-order valence-electron chi connectivity index (χ0n) is 11.9. The Bertz CT molecular complexity index is 689. The molecular weight excluding hydrogens is 422 g/mol. The number of carbonyl (C=O) groups is 1. The second-order valence-corrected chi connectivity index (χ2v) is 5.88. The van der Waals surface area contributed by atoms with Crippen molar-refractivity contribution in [3.8, 4) is 5.75 Å². The molecule has 0 aliphatic carbocycles. The van der Waals surface area contributed by atoms with Crippen LogP contribution in [0.5, 0.6) is 5.75 Å². The smallest absolute Gasteiger partial charge is 0.422 e. The van der Waals surface area contributed by atoms with Crippen LogP contribution in [-0.4, -0.2) is 18.7 Å². The van der Waals surface area contributed by atoms with Gasteiger partial charge in [-0.25, -0.2) is 0 Å². The van der Waals surface area contributed by atoms with E-state index in [9.17, 15) is 18.0 Å². The first-order chi connectivity index (χ1) is 10.8. The Kier molecular flexibility index (Phi) is 5.86. The van der Waals surface area contributed by atoms with E-state index in [4.69, 9.17) is 0 Å². The summed E-state index contributed by atoms with van der Waals surface area (Å²) in [6, 6.07) is 13.3. The average molecular weight is 435 g/mol. The lowest BCUT2D eigenvalue weighted by atomic mass is 10.2. The molecule has 1 N–H and O–H groups in total. The predicted molar refractivity (Wildman–Crippen MR) is 88.3 cm³/mol. The van der Waals surface area contributed by atoms with Gasteiger partial charge >= 0.3 is 6.18 Å². The van der Waals surface area contributed by atoms with E-state index < -0.39 is 12.8 Å². The van der Waals surface area contributed by atoms with Gasteiger partial charge < -0.3 is 10.1 Å². The number of amides is 1. The van der Waals surface area contributed by atoms with Crippen LogP contribution in [0.25, 0.3) is 0 Å². The van der Waals surface area contributed by atoms with Crippen molar-refractivity contribution in [2.75, 3.05) is 6.61 Å². The maximum Gasteiger partial charge on any atom is 0.422 e. The van der Waals surface area contributed by atoms with Crippen LogP contribution in [0, 0.1) is 3.57 Å². The van der Waals surface area contributed by atoms with Gasteiger partial charge in [-0.1, -0.05) is 24.3 Å². The average Bonchev–Trinajstić information content (AvgIpc) is 2.51. The Labute approximate surface area is 145 Å². The van der Waals surface area contributed by atoms with Gasteiger partial charge in [0.05, 0.1) is 5.56 Å². The number of halogens is 4. The third kappa shape index (κ3) is 5.74. The van der Waals surface area contributed by atoms with E-state index in [-0.39, 0.29) is 18.2 Å². The number of hydrogen-bond acceptors (Lipinski definition) is 2.